The summed E-state index contributed by atoms with van der Waals surface area (Å²) in [5.74, 6) is -2.02. The second-order valence-electron chi connectivity index (χ2n) is 8.96. The molecule has 0 saturated carbocycles. The van der Waals surface area contributed by atoms with Crippen molar-refractivity contribution in [1.82, 2.24) is 14.1 Å². The zero-order valence-corrected chi connectivity index (χ0v) is 23.1. The Morgan fingerprint density at radius 3 is 2.44 bits per heavy atom. The molecule has 3 aromatic carbocycles. The van der Waals surface area contributed by atoms with Crippen LogP contribution in [0.2, 0.25) is 5.02 Å². The van der Waals surface area contributed by atoms with E-state index in [0.29, 0.717) is 11.3 Å². The first-order valence-electron chi connectivity index (χ1n) is 12.5. The number of ether oxygens (including phenoxy) is 2. The molecule has 1 aromatic heterocycles. The van der Waals surface area contributed by atoms with Crippen LogP contribution in [0, 0.1) is 5.82 Å². The molecule has 0 bridgehead atoms. The van der Waals surface area contributed by atoms with Crippen LogP contribution in [0.25, 0.3) is 16.9 Å². The van der Waals surface area contributed by atoms with Crippen LogP contribution < -0.4 is 5.32 Å². The molecular formula is C28H24ClFN4O6S. The molecule has 1 saturated heterocycles. The van der Waals surface area contributed by atoms with Crippen LogP contribution in [-0.2, 0) is 24.3 Å². The number of para-hydroxylation sites is 1. The van der Waals surface area contributed by atoms with Gasteiger partial charge in [0.2, 0.25) is 10.0 Å². The second kappa shape index (κ2) is 12.2. The van der Waals surface area contributed by atoms with Crippen LogP contribution in [0.15, 0.2) is 83.9 Å². The second-order valence-corrected chi connectivity index (χ2v) is 11.3. The maximum Gasteiger partial charge on any atom is 0.342 e. The van der Waals surface area contributed by atoms with Gasteiger partial charge < -0.3 is 14.8 Å². The Kier molecular flexibility index (Phi) is 8.45. The number of aromatic nitrogens is 2. The summed E-state index contributed by atoms with van der Waals surface area (Å²) in [4.78, 5) is 25.7. The van der Waals surface area contributed by atoms with Crippen molar-refractivity contribution in [2.24, 2.45) is 0 Å². The number of morpholine rings is 1. The Morgan fingerprint density at radius 1 is 1.02 bits per heavy atom. The van der Waals surface area contributed by atoms with Crippen LogP contribution in [0.5, 0.6) is 0 Å². The zero-order chi connectivity index (χ0) is 29.0. The highest BCUT2D eigenvalue weighted by molar-refractivity contribution is 7.89. The molecule has 5 rings (SSSR count). The topological polar surface area (TPSA) is 120 Å². The average Bonchev–Trinajstić information content (AvgIpc) is 3.44. The van der Waals surface area contributed by atoms with Crippen molar-refractivity contribution in [3.05, 3.63) is 95.4 Å². The number of benzene rings is 3. The summed E-state index contributed by atoms with van der Waals surface area (Å²) in [6.07, 6.45) is 1.46. The highest BCUT2D eigenvalue weighted by atomic mass is 35.5. The summed E-state index contributed by atoms with van der Waals surface area (Å²) in [6.45, 7) is 0.311. The minimum atomic E-state index is -3.83. The van der Waals surface area contributed by atoms with Gasteiger partial charge in [-0.25, -0.2) is 22.3 Å². The zero-order valence-electron chi connectivity index (χ0n) is 21.5. The summed E-state index contributed by atoms with van der Waals surface area (Å²) in [7, 11) is -3.83. The van der Waals surface area contributed by atoms with Gasteiger partial charge in [-0.15, -0.1) is 0 Å². The van der Waals surface area contributed by atoms with Crippen molar-refractivity contribution >= 4 is 39.2 Å². The van der Waals surface area contributed by atoms with E-state index < -0.39 is 34.3 Å². The van der Waals surface area contributed by atoms with Crippen molar-refractivity contribution in [2.45, 2.75) is 4.90 Å². The minimum Gasteiger partial charge on any atom is -0.452 e. The van der Waals surface area contributed by atoms with Crippen molar-refractivity contribution in [3.63, 3.8) is 0 Å². The number of rotatable bonds is 8. The lowest BCUT2D eigenvalue weighted by molar-refractivity contribution is -0.119. The van der Waals surface area contributed by atoms with Crippen molar-refractivity contribution in [3.8, 4) is 16.9 Å². The molecule has 0 spiro atoms. The van der Waals surface area contributed by atoms with E-state index >= 15 is 0 Å². The number of halogens is 2. The van der Waals surface area contributed by atoms with Gasteiger partial charge in [-0.2, -0.15) is 9.40 Å². The highest BCUT2D eigenvalue weighted by Crippen LogP contribution is 2.28. The van der Waals surface area contributed by atoms with Crippen molar-refractivity contribution < 1.29 is 31.9 Å². The largest absolute Gasteiger partial charge is 0.452 e. The first-order chi connectivity index (χ1) is 19.7. The lowest BCUT2D eigenvalue weighted by Gasteiger charge is -2.26. The van der Waals surface area contributed by atoms with Crippen LogP contribution in [-0.4, -0.2) is 67.3 Å². The van der Waals surface area contributed by atoms with Gasteiger partial charge >= 0.3 is 5.97 Å². The molecule has 0 aliphatic carbocycles. The predicted octanol–water partition coefficient (Wildman–Crippen LogP) is 4.15. The normalized spacial score (nSPS) is 14.0. The summed E-state index contributed by atoms with van der Waals surface area (Å²) >= 11 is 6.21. The standard InChI is InChI=1S/C28H24ClFN4O6S/c29-24-11-10-22(41(37,38)33-12-14-39-15-13-33)16-25(24)31-26(35)18-40-28(36)23-17-34(21-4-2-1-3-5-21)32-27(23)19-6-8-20(30)9-7-19/h1-11,16-17H,12-15,18H2,(H,31,35). The van der Waals surface area contributed by atoms with E-state index in [2.05, 4.69) is 10.4 Å². The Hall–Kier alpha value is -4.10. The SMILES string of the molecule is O=C(COC(=O)c1cn(-c2ccccc2)nc1-c1ccc(F)cc1)Nc1cc(S(=O)(=O)N2CCOCC2)ccc1Cl. The number of sulfonamides is 1. The van der Waals surface area contributed by atoms with Gasteiger partial charge in [0.15, 0.2) is 6.61 Å². The van der Waals surface area contributed by atoms with Crippen molar-refractivity contribution in [1.29, 1.82) is 0 Å². The number of carbonyl (C=O) groups excluding carboxylic acids is 2. The molecule has 212 valence electrons. The average molecular weight is 599 g/mol. The van der Waals surface area contributed by atoms with E-state index in [1.807, 2.05) is 18.2 Å². The molecule has 0 atom stereocenters. The van der Waals surface area contributed by atoms with E-state index in [0.717, 1.165) is 0 Å². The number of carbonyl (C=O) groups is 2. The number of anilines is 1. The fraction of sp³-hybridized carbons (Fsp3) is 0.179. The molecule has 0 unspecified atom stereocenters. The molecule has 2 heterocycles. The third kappa shape index (κ3) is 6.46. The van der Waals surface area contributed by atoms with E-state index in [1.165, 1.54) is 57.6 Å². The molecule has 1 fully saturated rings. The van der Waals surface area contributed by atoms with Crippen LogP contribution >= 0.6 is 11.6 Å². The lowest BCUT2D eigenvalue weighted by Crippen LogP contribution is -2.40. The quantitative estimate of drug-likeness (QED) is 0.303. The molecule has 13 heteroatoms. The maximum absolute atomic E-state index is 13.5. The number of hydrogen-bond donors (Lipinski definition) is 1. The van der Waals surface area contributed by atoms with E-state index in [-0.39, 0.29) is 53.2 Å². The number of nitrogens with zero attached hydrogens (tertiary/aromatic N) is 3. The predicted molar refractivity (Wildman–Crippen MR) is 149 cm³/mol. The van der Waals surface area contributed by atoms with Gasteiger partial charge in [0.05, 0.1) is 34.5 Å². The number of nitrogens with one attached hydrogen (secondary N) is 1. The Balaban J connectivity index is 1.32. The first-order valence-corrected chi connectivity index (χ1v) is 14.3. The highest BCUT2D eigenvalue weighted by Gasteiger charge is 2.27. The lowest BCUT2D eigenvalue weighted by atomic mass is 10.1. The van der Waals surface area contributed by atoms with Gasteiger partial charge in [-0.05, 0) is 54.6 Å². The molecule has 41 heavy (non-hydrogen) atoms. The summed E-state index contributed by atoms with van der Waals surface area (Å²) in [5.41, 5.74) is 1.50. The van der Waals surface area contributed by atoms with Gasteiger partial charge in [-0.3, -0.25) is 4.79 Å². The van der Waals surface area contributed by atoms with Crippen LogP contribution in [0.1, 0.15) is 10.4 Å². The molecule has 1 aliphatic rings. The Bertz CT molecular complexity index is 1670. The molecule has 0 radical (unpaired) electrons. The summed E-state index contributed by atoms with van der Waals surface area (Å²) in [6, 6.07) is 18.5. The van der Waals surface area contributed by atoms with Crippen molar-refractivity contribution in [2.75, 3.05) is 38.2 Å². The van der Waals surface area contributed by atoms with Crippen LogP contribution in [0.3, 0.4) is 0 Å². The van der Waals surface area contributed by atoms with Gasteiger partial charge in [0.1, 0.15) is 17.1 Å². The number of esters is 1. The van der Waals surface area contributed by atoms with E-state index in [9.17, 15) is 22.4 Å². The molecule has 10 nitrogen and oxygen atoms in total. The smallest absolute Gasteiger partial charge is 0.342 e. The number of hydrogen-bond acceptors (Lipinski definition) is 7. The first kappa shape index (κ1) is 28.4. The molecule has 1 amide bonds. The minimum absolute atomic E-state index is 0.0472. The third-order valence-corrected chi connectivity index (χ3v) is 8.45. The molecule has 4 aromatic rings. The monoisotopic (exact) mass is 598 g/mol. The van der Waals surface area contributed by atoms with Gasteiger partial charge in [-0.1, -0.05) is 29.8 Å². The molecule has 1 N–H and O–H groups in total. The van der Waals surface area contributed by atoms with Gasteiger partial charge in [0, 0.05) is 24.8 Å². The number of amides is 1. The fourth-order valence-electron chi connectivity index (χ4n) is 4.15. The van der Waals surface area contributed by atoms with E-state index in [4.69, 9.17) is 21.1 Å². The maximum atomic E-state index is 13.5. The Labute approximate surface area is 240 Å². The Morgan fingerprint density at radius 2 is 1.73 bits per heavy atom. The summed E-state index contributed by atoms with van der Waals surface area (Å²) < 4.78 is 52.8. The fourth-order valence-corrected chi connectivity index (χ4v) is 5.75. The van der Waals surface area contributed by atoms with E-state index in [1.54, 1.807) is 12.1 Å². The van der Waals surface area contributed by atoms with Crippen LogP contribution in [0.4, 0.5) is 10.1 Å². The summed E-state index contributed by atoms with van der Waals surface area (Å²) in [5, 5.41) is 7.09. The molecular weight excluding hydrogens is 575 g/mol. The third-order valence-electron chi connectivity index (χ3n) is 6.23. The van der Waals surface area contributed by atoms with Gasteiger partial charge in [0.25, 0.3) is 5.91 Å². The molecule has 1 aliphatic heterocycles.